The largest absolute Gasteiger partial charge is 0.495 e. The van der Waals surface area contributed by atoms with Crippen LogP contribution in [0.25, 0.3) is 10.6 Å². The number of sulfonamides is 1. The van der Waals surface area contributed by atoms with Gasteiger partial charge in [0.1, 0.15) is 16.5 Å². The normalized spacial score (nSPS) is 15.1. The molecule has 7 nitrogen and oxygen atoms in total. The van der Waals surface area contributed by atoms with E-state index in [0.717, 1.165) is 29.8 Å². The van der Waals surface area contributed by atoms with Crippen molar-refractivity contribution < 1.29 is 17.9 Å². The lowest BCUT2D eigenvalue weighted by molar-refractivity contribution is 0.102. The molecular formula is C20H21N3O4S3. The van der Waals surface area contributed by atoms with Crippen molar-refractivity contribution in [3.8, 4) is 16.3 Å². The zero-order valence-electron chi connectivity index (χ0n) is 16.3. The lowest BCUT2D eigenvalue weighted by atomic mass is 10.2. The van der Waals surface area contributed by atoms with Gasteiger partial charge in [0, 0.05) is 29.4 Å². The average Bonchev–Trinajstić information content (AvgIpc) is 3.46. The molecule has 30 heavy (non-hydrogen) atoms. The number of anilines is 1. The number of nitrogens with one attached hydrogen (secondary N) is 1. The summed E-state index contributed by atoms with van der Waals surface area (Å²) in [5.74, 6) is -0.0345. The topological polar surface area (TPSA) is 88.6 Å². The number of carbonyl (C=O) groups excluding carboxylic acids is 1. The molecule has 4 rings (SSSR count). The molecule has 0 saturated carbocycles. The third kappa shape index (κ3) is 4.27. The van der Waals surface area contributed by atoms with Crippen molar-refractivity contribution in [2.75, 3.05) is 25.5 Å². The number of rotatable bonds is 6. The summed E-state index contributed by atoms with van der Waals surface area (Å²) >= 11 is 2.95. The molecule has 1 amide bonds. The number of nitrogens with zero attached hydrogens (tertiary/aromatic N) is 2. The molecule has 0 aliphatic carbocycles. The first-order valence-corrected chi connectivity index (χ1v) is 12.7. The second-order valence-electron chi connectivity index (χ2n) is 6.83. The first-order valence-electron chi connectivity index (χ1n) is 9.46. The SMILES string of the molecule is COc1ccc(S(=O)(=O)N2CCCCC2)cc1NC(=O)c1csc(-c2ccsc2)n1. The fourth-order valence-electron chi connectivity index (χ4n) is 3.28. The van der Waals surface area contributed by atoms with Crippen LogP contribution in [-0.4, -0.2) is 43.8 Å². The van der Waals surface area contributed by atoms with Crippen LogP contribution >= 0.6 is 22.7 Å². The molecule has 0 spiro atoms. The summed E-state index contributed by atoms with van der Waals surface area (Å²) in [6.07, 6.45) is 2.75. The molecule has 158 valence electrons. The Bertz CT molecular complexity index is 1130. The first kappa shape index (κ1) is 21.0. The van der Waals surface area contributed by atoms with E-state index in [1.54, 1.807) is 22.8 Å². The number of hydrogen-bond acceptors (Lipinski definition) is 7. The van der Waals surface area contributed by atoms with Crippen molar-refractivity contribution in [3.05, 3.63) is 46.1 Å². The molecule has 1 aliphatic heterocycles. The summed E-state index contributed by atoms with van der Waals surface area (Å²) in [6.45, 7) is 1.03. The minimum absolute atomic E-state index is 0.137. The number of thiophene rings is 1. The van der Waals surface area contributed by atoms with Gasteiger partial charge in [-0.05, 0) is 42.5 Å². The van der Waals surface area contributed by atoms with Crippen molar-refractivity contribution >= 4 is 44.3 Å². The van der Waals surface area contributed by atoms with Crippen LogP contribution in [-0.2, 0) is 10.0 Å². The molecule has 3 heterocycles. The molecule has 1 N–H and O–H groups in total. The van der Waals surface area contributed by atoms with Crippen LogP contribution in [0.2, 0.25) is 0 Å². The van der Waals surface area contributed by atoms with Crippen molar-refractivity contribution in [2.24, 2.45) is 0 Å². The van der Waals surface area contributed by atoms with E-state index in [1.807, 2.05) is 16.8 Å². The van der Waals surface area contributed by atoms with E-state index >= 15 is 0 Å². The van der Waals surface area contributed by atoms with E-state index in [0.29, 0.717) is 24.5 Å². The Labute approximate surface area is 183 Å². The number of carbonyl (C=O) groups is 1. The maximum Gasteiger partial charge on any atom is 0.275 e. The van der Waals surface area contributed by atoms with Gasteiger partial charge in [-0.1, -0.05) is 6.42 Å². The van der Waals surface area contributed by atoms with Gasteiger partial charge in [-0.3, -0.25) is 4.79 Å². The number of methoxy groups -OCH3 is 1. The summed E-state index contributed by atoms with van der Waals surface area (Å²) in [4.78, 5) is 17.3. The molecule has 0 bridgehead atoms. The van der Waals surface area contributed by atoms with Crippen LogP contribution in [0.15, 0.2) is 45.3 Å². The minimum Gasteiger partial charge on any atom is -0.495 e. The molecule has 1 aliphatic rings. The minimum atomic E-state index is -3.62. The van der Waals surface area contributed by atoms with E-state index in [1.165, 1.54) is 34.9 Å². The number of ether oxygens (including phenoxy) is 1. The molecule has 1 aromatic carbocycles. The second kappa shape index (κ2) is 8.84. The van der Waals surface area contributed by atoms with Crippen molar-refractivity contribution in [2.45, 2.75) is 24.2 Å². The molecule has 1 saturated heterocycles. The molecule has 1 fully saturated rings. The summed E-state index contributed by atoms with van der Waals surface area (Å²) in [5.41, 5.74) is 1.54. The van der Waals surface area contributed by atoms with Gasteiger partial charge in [0.2, 0.25) is 10.0 Å². The van der Waals surface area contributed by atoms with E-state index in [-0.39, 0.29) is 10.6 Å². The zero-order chi connectivity index (χ0) is 21.1. The third-order valence-electron chi connectivity index (χ3n) is 4.88. The van der Waals surface area contributed by atoms with E-state index in [2.05, 4.69) is 10.3 Å². The standard InChI is InChI=1S/C20H21N3O4S3/c1-27-18-6-5-15(30(25,26)23-8-3-2-4-9-23)11-16(18)21-19(24)17-13-29-20(22-17)14-7-10-28-12-14/h5-7,10-13H,2-4,8-9H2,1H3,(H,21,24). The van der Waals surface area contributed by atoms with Gasteiger partial charge < -0.3 is 10.1 Å². The predicted molar refractivity (Wildman–Crippen MR) is 119 cm³/mol. The number of aromatic nitrogens is 1. The highest BCUT2D eigenvalue weighted by Crippen LogP contribution is 2.31. The third-order valence-corrected chi connectivity index (χ3v) is 8.35. The van der Waals surface area contributed by atoms with Gasteiger partial charge in [-0.25, -0.2) is 13.4 Å². The maximum atomic E-state index is 13.0. The monoisotopic (exact) mass is 463 g/mol. The number of amides is 1. The Kier molecular flexibility index (Phi) is 6.19. The van der Waals surface area contributed by atoms with Crippen LogP contribution in [0.5, 0.6) is 5.75 Å². The Balaban J connectivity index is 1.59. The highest BCUT2D eigenvalue weighted by atomic mass is 32.2. The fourth-order valence-corrected chi connectivity index (χ4v) is 6.34. The Hall–Kier alpha value is -2.27. The smallest absolute Gasteiger partial charge is 0.275 e. The Morgan fingerprint density at radius 1 is 1.17 bits per heavy atom. The van der Waals surface area contributed by atoms with E-state index in [4.69, 9.17) is 4.74 Å². The molecule has 10 heteroatoms. The first-order chi connectivity index (χ1) is 14.5. The number of benzene rings is 1. The summed E-state index contributed by atoms with van der Waals surface area (Å²) in [7, 11) is -2.15. The van der Waals surface area contributed by atoms with Gasteiger partial charge in [-0.2, -0.15) is 15.6 Å². The number of piperidine rings is 1. The van der Waals surface area contributed by atoms with Gasteiger partial charge in [-0.15, -0.1) is 11.3 Å². The zero-order valence-corrected chi connectivity index (χ0v) is 18.8. The second-order valence-corrected chi connectivity index (χ2v) is 10.4. The number of hydrogen-bond donors (Lipinski definition) is 1. The van der Waals surface area contributed by atoms with Crippen LogP contribution < -0.4 is 10.1 Å². The summed E-state index contributed by atoms with van der Waals surface area (Å²) in [6, 6.07) is 6.47. The van der Waals surface area contributed by atoms with Gasteiger partial charge in [0.05, 0.1) is 17.7 Å². The van der Waals surface area contributed by atoms with Gasteiger partial charge >= 0.3 is 0 Å². The van der Waals surface area contributed by atoms with Crippen LogP contribution in [0.4, 0.5) is 5.69 Å². The molecule has 0 unspecified atom stereocenters. The number of thiazole rings is 1. The predicted octanol–water partition coefficient (Wildman–Crippen LogP) is 4.31. The molecule has 0 radical (unpaired) electrons. The molecular weight excluding hydrogens is 442 g/mol. The molecule has 2 aromatic heterocycles. The molecule has 0 atom stereocenters. The van der Waals surface area contributed by atoms with Gasteiger partial charge in [0.25, 0.3) is 5.91 Å². The fraction of sp³-hybridized carbons (Fsp3) is 0.300. The van der Waals surface area contributed by atoms with Crippen LogP contribution in [0, 0.1) is 0 Å². The van der Waals surface area contributed by atoms with Crippen LogP contribution in [0.1, 0.15) is 29.8 Å². The Morgan fingerprint density at radius 2 is 1.97 bits per heavy atom. The van der Waals surface area contributed by atoms with E-state index < -0.39 is 15.9 Å². The van der Waals surface area contributed by atoms with Crippen molar-refractivity contribution in [1.29, 1.82) is 0 Å². The lowest BCUT2D eigenvalue weighted by Gasteiger charge is -2.26. The van der Waals surface area contributed by atoms with Crippen LogP contribution in [0.3, 0.4) is 0 Å². The summed E-state index contributed by atoms with van der Waals surface area (Å²) in [5, 5.41) is 9.12. The molecule has 3 aromatic rings. The van der Waals surface area contributed by atoms with Crippen molar-refractivity contribution in [1.82, 2.24) is 9.29 Å². The van der Waals surface area contributed by atoms with Gasteiger partial charge in [0.15, 0.2) is 0 Å². The highest BCUT2D eigenvalue weighted by molar-refractivity contribution is 7.89. The Morgan fingerprint density at radius 3 is 2.67 bits per heavy atom. The lowest BCUT2D eigenvalue weighted by Crippen LogP contribution is -2.35. The average molecular weight is 464 g/mol. The summed E-state index contributed by atoms with van der Waals surface area (Å²) < 4.78 is 32.8. The highest BCUT2D eigenvalue weighted by Gasteiger charge is 2.27. The maximum absolute atomic E-state index is 13.0. The van der Waals surface area contributed by atoms with E-state index in [9.17, 15) is 13.2 Å². The quantitative estimate of drug-likeness (QED) is 0.589. The van der Waals surface area contributed by atoms with Crippen molar-refractivity contribution in [3.63, 3.8) is 0 Å².